The van der Waals surface area contributed by atoms with Crippen LogP contribution >= 0.6 is 11.8 Å². The van der Waals surface area contributed by atoms with Crippen LogP contribution in [0, 0.1) is 0 Å². The molecular weight excluding hydrogens is 368 g/mol. The molecule has 1 amide bonds. The maximum atomic E-state index is 13.3. The van der Waals surface area contributed by atoms with Gasteiger partial charge >= 0.3 is 0 Å². The lowest BCUT2D eigenvalue weighted by Gasteiger charge is -2.25. The summed E-state index contributed by atoms with van der Waals surface area (Å²) in [5.74, 6) is 1.73. The van der Waals surface area contributed by atoms with Gasteiger partial charge in [-0.1, -0.05) is 48.2 Å². The zero-order valence-electron chi connectivity index (χ0n) is 16.6. The molecule has 1 aromatic heterocycles. The molecule has 1 aliphatic carbocycles. The highest BCUT2D eigenvalue weighted by atomic mass is 32.2. The third-order valence-electron chi connectivity index (χ3n) is 5.27. The van der Waals surface area contributed by atoms with Gasteiger partial charge < -0.3 is 9.47 Å². The Kier molecular flexibility index (Phi) is 5.40. The van der Waals surface area contributed by atoms with E-state index in [0.717, 1.165) is 34.0 Å². The third kappa shape index (κ3) is 3.53. The molecule has 1 unspecified atom stereocenters. The van der Waals surface area contributed by atoms with Crippen LogP contribution in [0.4, 0.5) is 5.69 Å². The topological polar surface area (TPSA) is 51.0 Å². The van der Waals surface area contributed by atoms with E-state index in [1.54, 1.807) is 0 Å². The van der Waals surface area contributed by atoms with Gasteiger partial charge in [-0.25, -0.2) is 0 Å². The summed E-state index contributed by atoms with van der Waals surface area (Å²) in [5, 5.41) is 11.6. The Morgan fingerprint density at radius 3 is 2.64 bits per heavy atom. The molecule has 1 saturated carbocycles. The fourth-order valence-corrected chi connectivity index (χ4v) is 4.63. The van der Waals surface area contributed by atoms with Gasteiger partial charge in [0.15, 0.2) is 5.16 Å². The fourth-order valence-electron chi connectivity index (χ4n) is 3.64. The Labute approximate surface area is 170 Å². The average Bonchev–Trinajstić information content (AvgIpc) is 3.49. The number of fused-ring (bicyclic) bond motifs is 1. The molecule has 0 aliphatic heterocycles. The number of anilines is 1. The van der Waals surface area contributed by atoms with Crippen molar-refractivity contribution in [1.82, 2.24) is 14.8 Å². The second-order valence-corrected chi connectivity index (χ2v) is 8.51. The number of carbonyl (C=O) groups excluding carboxylic acids is 1. The van der Waals surface area contributed by atoms with Crippen molar-refractivity contribution in [3.63, 3.8) is 0 Å². The third-order valence-corrected chi connectivity index (χ3v) is 6.34. The number of thioether (sulfide) groups is 1. The van der Waals surface area contributed by atoms with Crippen molar-refractivity contribution in [1.29, 1.82) is 0 Å². The molecular formula is C22H26N4OS. The molecule has 1 atom stereocenters. The first-order chi connectivity index (χ1) is 13.6. The summed E-state index contributed by atoms with van der Waals surface area (Å²) in [6, 6.07) is 14.3. The van der Waals surface area contributed by atoms with E-state index < -0.39 is 0 Å². The van der Waals surface area contributed by atoms with Gasteiger partial charge in [0.25, 0.3) is 0 Å². The molecule has 5 nitrogen and oxygen atoms in total. The SMILES string of the molecule is CCN(C(=O)C(C)Sc1nnc(C2CC2)n1CC)c1cccc2ccccc12. The van der Waals surface area contributed by atoms with Gasteiger partial charge in [0.2, 0.25) is 5.91 Å². The Balaban J connectivity index is 1.58. The molecule has 0 spiro atoms. The minimum Gasteiger partial charge on any atom is -0.311 e. The number of rotatable bonds is 7. The fraction of sp³-hybridized carbons (Fsp3) is 0.409. The van der Waals surface area contributed by atoms with E-state index in [2.05, 4.69) is 39.9 Å². The number of aromatic nitrogens is 3. The van der Waals surface area contributed by atoms with Gasteiger partial charge in [-0.2, -0.15) is 0 Å². The van der Waals surface area contributed by atoms with Gasteiger partial charge in [0.1, 0.15) is 5.82 Å². The maximum Gasteiger partial charge on any atom is 0.240 e. The first-order valence-corrected chi connectivity index (χ1v) is 10.9. The van der Waals surface area contributed by atoms with Crippen LogP contribution in [0.25, 0.3) is 10.8 Å². The number of hydrogen-bond acceptors (Lipinski definition) is 4. The van der Waals surface area contributed by atoms with E-state index in [4.69, 9.17) is 0 Å². The van der Waals surface area contributed by atoms with Gasteiger partial charge in [0.05, 0.1) is 10.9 Å². The monoisotopic (exact) mass is 394 g/mol. The highest BCUT2D eigenvalue weighted by Gasteiger charge is 2.31. The molecule has 1 fully saturated rings. The molecule has 28 heavy (non-hydrogen) atoms. The molecule has 0 N–H and O–H groups in total. The van der Waals surface area contributed by atoms with Crippen molar-refractivity contribution in [2.24, 2.45) is 0 Å². The van der Waals surface area contributed by atoms with Gasteiger partial charge in [0, 0.05) is 24.4 Å². The average molecular weight is 395 g/mol. The van der Waals surface area contributed by atoms with Crippen molar-refractivity contribution < 1.29 is 4.79 Å². The number of carbonyl (C=O) groups is 1. The summed E-state index contributed by atoms with van der Waals surface area (Å²) < 4.78 is 2.17. The molecule has 0 bridgehead atoms. The summed E-state index contributed by atoms with van der Waals surface area (Å²) in [6.07, 6.45) is 2.39. The highest BCUT2D eigenvalue weighted by Crippen LogP contribution is 2.40. The molecule has 6 heteroatoms. The Morgan fingerprint density at radius 1 is 1.18 bits per heavy atom. The lowest BCUT2D eigenvalue weighted by Crippen LogP contribution is -2.36. The van der Waals surface area contributed by atoms with Crippen LogP contribution in [0.5, 0.6) is 0 Å². The van der Waals surface area contributed by atoms with Crippen LogP contribution in [0.3, 0.4) is 0 Å². The second kappa shape index (κ2) is 7.95. The largest absolute Gasteiger partial charge is 0.311 e. The minimum atomic E-state index is -0.236. The molecule has 3 aromatic rings. The number of hydrogen-bond donors (Lipinski definition) is 0. The quantitative estimate of drug-likeness (QED) is 0.537. The standard InChI is InChI=1S/C22H26N4OS/c1-4-25(19-12-8-10-16-9-6-7-11-18(16)19)21(27)15(3)28-22-24-23-20(17-13-14-17)26(22)5-2/h6-12,15,17H,4-5,13-14H2,1-3H3. The summed E-state index contributed by atoms with van der Waals surface area (Å²) in [6.45, 7) is 7.57. The second-order valence-electron chi connectivity index (χ2n) is 7.20. The highest BCUT2D eigenvalue weighted by molar-refractivity contribution is 8.00. The van der Waals surface area contributed by atoms with Gasteiger partial charge in [-0.15, -0.1) is 10.2 Å². The predicted octanol–water partition coefficient (Wildman–Crippen LogP) is 4.86. The zero-order valence-corrected chi connectivity index (χ0v) is 17.4. The lowest BCUT2D eigenvalue weighted by atomic mass is 10.1. The normalized spacial score (nSPS) is 15.0. The first-order valence-electron chi connectivity index (χ1n) is 10.0. The van der Waals surface area contributed by atoms with E-state index in [1.165, 1.54) is 24.6 Å². The maximum absolute atomic E-state index is 13.3. The van der Waals surface area contributed by atoms with Gasteiger partial charge in [-0.3, -0.25) is 4.79 Å². The van der Waals surface area contributed by atoms with Crippen LogP contribution in [0.1, 0.15) is 45.4 Å². The lowest BCUT2D eigenvalue weighted by molar-refractivity contribution is -0.117. The van der Waals surface area contributed by atoms with E-state index in [-0.39, 0.29) is 11.2 Å². The van der Waals surface area contributed by atoms with Crippen LogP contribution < -0.4 is 4.90 Å². The van der Waals surface area contributed by atoms with E-state index in [9.17, 15) is 4.79 Å². The number of amides is 1. The van der Waals surface area contributed by atoms with Crippen molar-refractivity contribution >= 4 is 34.1 Å². The van der Waals surface area contributed by atoms with Crippen molar-refractivity contribution in [3.8, 4) is 0 Å². The summed E-state index contributed by atoms with van der Waals surface area (Å²) in [4.78, 5) is 15.2. The predicted molar refractivity (Wildman–Crippen MR) is 115 cm³/mol. The minimum absolute atomic E-state index is 0.0995. The van der Waals surface area contributed by atoms with E-state index in [1.807, 2.05) is 43.0 Å². The van der Waals surface area contributed by atoms with E-state index in [0.29, 0.717) is 12.5 Å². The summed E-state index contributed by atoms with van der Waals surface area (Å²) in [5.41, 5.74) is 0.966. The molecule has 0 saturated heterocycles. The molecule has 146 valence electrons. The summed E-state index contributed by atoms with van der Waals surface area (Å²) >= 11 is 1.51. The van der Waals surface area contributed by atoms with Crippen LogP contribution in [0.2, 0.25) is 0 Å². The Hall–Kier alpha value is -2.34. The van der Waals surface area contributed by atoms with Crippen molar-refractivity contribution in [2.45, 2.75) is 56.5 Å². The van der Waals surface area contributed by atoms with E-state index >= 15 is 0 Å². The molecule has 4 rings (SSSR count). The number of nitrogens with zero attached hydrogens (tertiary/aromatic N) is 4. The van der Waals surface area contributed by atoms with Gasteiger partial charge in [-0.05, 0) is 45.1 Å². The summed E-state index contributed by atoms with van der Waals surface area (Å²) in [7, 11) is 0. The molecule has 2 aromatic carbocycles. The number of benzene rings is 2. The first kappa shape index (κ1) is 19.0. The Morgan fingerprint density at radius 2 is 1.93 bits per heavy atom. The molecule has 1 heterocycles. The smallest absolute Gasteiger partial charge is 0.240 e. The van der Waals surface area contributed by atoms with Crippen LogP contribution in [-0.4, -0.2) is 32.5 Å². The zero-order chi connectivity index (χ0) is 19.7. The molecule has 1 aliphatic rings. The van der Waals surface area contributed by atoms with Crippen LogP contribution in [0.15, 0.2) is 47.6 Å². The van der Waals surface area contributed by atoms with Crippen LogP contribution in [-0.2, 0) is 11.3 Å². The van der Waals surface area contributed by atoms with Crippen molar-refractivity contribution in [2.75, 3.05) is 11.4 Å². The molecule has 0 radical (unpaired) electrons. The Bertz CT molecular complexity index is 990. The van der Waals surface area contributed by atoms with Crippen molar-refractivity contribution in [3.05, 3.63) is 48.3 Å².